The molecule has 1 saturated heterocycles. The molecule has 1 heterocycles. The van der Waals surface area contributed by atoms with Gasteiger partial charge in [0.05, 0.1) is 10.2 Å². The van der Waals surface area contributed by atoms with Crippen LogP contribution in [0, 0.1) is 6.92 Å². The first-order valence-electron chi connectivity index (χ1n) is 12.7. The summed E-state index contributed by atoms with van der Waals surface area (Å²) in [6.45, 7) is 2.15. The van der Waals surface area contributed by atoms with Crippen molar-refractivity contribution in [3.05, 3.63) is 122 Å². The van der Waals surface area contributed by atoms with Gasteiger partial charge in [-0.1, -0.05) is 64.0 Å². The fourth-order valence-corrected chi connectivity index (χ4v) is 6.54. The van der Waals surface area contributed by atoms with Crippen molar-refractivity contribution in [2.75, 3.05) is 4.90 Å². The number of barbiturate groups is 1. The Kier molecular flexibility index (Phi) is 8.81. The number of aryl methyl sites for hydroxylation is 1. The van der Waals surface area contributed by atoms with Gasteiger partial charge in [0.15, 0.2) is 5.75 Å². The Morgan fingerprint density at radius 3 is 2.23 bits per heavy atom. The van der Waals surface area contributed by atoms with Crippen LogP contribution in [0.1, 0.15) is 16.7 Å². The van der Waals surface area contributed by atoms with E-state index in [0.29, 0.717) is 16.8 Å². The molecule has 0 spiro atoms. The second-order valence-electron chi connectivity index (χ2n) is 9.38. The Morgan fingerprint density at radius 1 is 0.884 bits per heavy atom. The summed E-state index contributed by atoms with van der Waals surface area (Å²) in [7, 11) is -4.28. The van der Waals surface area contributed by atoms with Gasteiger partial charge in [-0.05, 0) is 83.0 Å². The van der Waals surface area contributed by atoms with E-state index in [1.165, 1.54) is 36.4 Å². The van der Waals surface area contributed by atoms with Crippen LogP contribution in [0.2, 0.25) is 0 Å². The molecule has 9 nitrogen and oxygen atoms in total. The molecule has 1 N–H and O–H groups in total. The summed E-state index contributed by atoms with van der Waals surface area (Å²) in [5.41, 5.74) is 1.71. The van der Waals surface area contributed by atoms with Gasteiger partial charge >= 0.3 is 16.1 Å². The molecule has 0 unspecified atom stereocenters. The summed E-state index contributed by atoms with van der Waals surface area (Å²) in [4.78, 5) is 39.8. The van der Waals surface area contributed by atoms with E-state index in [1.807, 2.05) is 37.3 Å². The molecule has 0 aliphatic carbocycles. The number of nitrogens with one attached hydrogen (secondary N) is 1. The number of benzene rings is 4. The lowest BCUT2D eigenvalue weighted by Gasteiger charge is -2.26. The highest BCUT2D eigenvalue weighted by Gasteiger charge is 2.37. The third-order valence-electron chi connectivity index (χ3n) is 6.28. The maximum Gasteiger partial charge on any atom is 0.339 e. The van der Waals surface area contributed by atoms with Crippen molar-refractivity contribution in [3.63, 3.8) is 0 Å². The molecule has 0 bridgehead atoms. The lowest BCUT2D eigenvalue weighted by Crippen LogP contribution is -2.54. The number of hydrogen-bond acceptors (Lipinski definition) is 7. The number of imide groups is 2. The normalized spacial score (nSPS) is 14.5. The molecule has 4 amide bonds. The fourth-order valence-electron chi connectivity index (χ4n) is 4.12. The predicted octanol–water partition coefficient (Wildman–Crippen LogP) is 6.53. The zero-order valence-corrected chi connectivity index (χ0v) is 26.4. The van der Waals surface area contributed by atoms with Crippen LogP contribution in [-0.2, 0) is 26.3 Å². The molecular weight excluding hydrogens is 704 g/mol. The van der Waals surface area contributed by atoms with E-state index >= 15 is 0 Å². The molecule has 0 aromatic heterocycles. The molecule has 4 aromatic carbocycles. The highest BCUT2D eigenvalue weighted by atomic mass is 79.9. The molecule has 0 atom stereocenters. The van der Waals surface area contributed by atoms with Crippen molar-refractivity contribution in [2.24, 2.45) is 0 Å². The average molecular weight is 726 g/mol. The highest BCUT2D eigenvalue weighted by Crippen LogP contribution is 2.37. The predicted molar refractivity (Wildman–Crippen MR) is 167 cm³/mol. The number of halogens is 2. The summed E-state index contributed by atoms with van der Waals surface area (Å²) < 4.78 is 38.2. The molecule has 1 fully saturated rings. The number of urea groups is 1. The van der Waals surface area contributed by atoms with Gasteiger partial charge in [-0.3, -0.25) is 14.9 Å². The maximum absolute atomic E-state index is 13.5. The molecule has 218 valence electrons. The highest BCUT2D eigenvalue weighted by molar-refractivity contribution is 9.11. The van der Waals surface area contributed by atoms with E-state index in [-0.39, 0.29) is 26.4 Å². The molecule has 5 rings (SSSR count). The van der Waals surface area contributed by atoms with Gasteiger partial charge in [-0.2, -0.15) is 8.42 Å². The van der Waals surface area contributed by atoms with Crippen molar-refractivity contribution < 1.29 is 31.7 Å². The number of carbonyl (C=O) groups is 3. The smallest absolute Gasteiger partial charge is 0.339 e. The molecule has 1 aliphatic heterocycles. The summed E-state index contributed by atoms with van der Waals surface area (Å²) in [5, 5.41) is 2.16. The number of nitrogens with zero attached hydrogens (tertiary/aromatic N) is 1. The van der Waals surface area contributed by atoms with Gasteiger partial charge < -0.3 is 8.92 Å². The number of amides is 4. The van der Waals surface area contributed by atoms with Crippen LogP contribution in [0.25, 0.3) is 6.08 Å². The molecule has 1 aliphatic rings. The van der Waals surface area contributed by atoms with Crippen molar-refractivity contribution in [1.29, 1.82) is 0 Å². The fraction of sp³-hybridized carbons (Fsp3) is 0.0645. The monoisotopic (exact) mass is 724 g/mol. The van der Waals surface area contributed by atoms with Crippen LogP contribution in [0.5, 0.6) is 11.5 Å². The Hall–Kier alpha value is -4.26. The summed E-state index contributed by atoms with van der Waals surface area (Å²) in [5.74, 6) is -1.49. The molecular formula is C31H22Br2N2O7S. The summed E-state index contributed by atoms with van der Waals surface area (Å²) >= 11 is 6.65. The van der Waals surface area contributed by atoms with E-state index in [0.717, 1.165) is 16.0 Å². The van der Waals surface area contributed by atoms with E-state index in [2.05, 4.69) is 37.2 Å². The average Bonchev–Trinajstić information content (AvgIpc) is 2.97. The minimum atomic E-state index is -4.28. The molecule has 0 saturated carbocycles. The zero-order valence-electron chi connectivity index (χ0n) is 22.4. The Bertz CT molecular complexity index is 1860. The van der Waals surface area contributed by atoms with Crippen molar-refractivity contribution in [3.8, 4) is 11.5 Å². The first kappa shape index (κ1) is 30.2. The molecule has 4 aromatic rings. The molecule has 0 radical (unpaired) electrons. The summed E-state index contributed by atoms with van der Waals surface area (Å²) in [6.07, 6.45) is 1.17. The Balaban J connectivity index is 1.44. The van der Waals surface area contributed by atoms with E-state index in [1.54, 1.807) is 30.3 Å². The number of carbonyl (C=O) groups excluding carboxylic acids is 3. The van der Waals surface area contributed by atoms with Gasteiger partial charge in [-0.15, -0.1) is 0 Å². The van der Waals surface area contributed by atoms with Gasteiger partial charge in [0.1, 0.15) is 22.8 Å². The second kappa shape index (κ2) is 12.5. The third-order valence-corrected chi connectivity index (χ3v) is 8.57. The van der Waals surface area contributed by atoms with Crippen molar-refractivity contribution in [1.82, 2.24) is 5.32 Å². The van der Waals surface area contributed by atoms with Crippen LogP contribution < -0.4 is 19.1 Å². The van der Waals surface area contributed by atoms with E-state index < -0.39 is 33.5 Å². The Labute approximate surface area is 264 Å². The van der Waals surface area contributed by atoms with Gasteiger partial charge in [0.25, 0.3) is 11.8 Å². The van der Waals surface area contributed by atoms with Gasteiger partial charge in [0, 0.05) is 10.0 Å². The lowest BCUT2D eigenvalue weighted by atomic mass is 10.1. The van der Waals surface area contributed by atoms with Crippen LogP contribution in [0.15, 0.2) is 110 Å². The van der Waals surface area contributed by atoms with Crippen LogP contribution in [0.4, 0.5) is 10.5 Å². The van der Waals surface area contributed by atoms with E-state index in [9.17, 15) is 22.8 Å². The first-order valence-corrected chi connectivity index (χ1v) is 15.7. The number of rotatable bonds is 8. The minimum Gasteiger partial charge on any atom is -0.489 e. The third kappa shape index (κ3) is 6.87. The number of ether oxygens (including phenoxy) is 1. The SMILES string of the molecule is Cc1ccc(S(=O)(=O)Oc2c(Br)cc(Br)cc2/C=C2\C(=O)NC(=O)N(c3ccc(OCc4ccccc4)cc3)C2=O)cc1. The number of hydrogen-bond donors (Lipinski definition) is 1. The molecule has 43 heavy (non-hydrogen) atoms. The molecule has 12 heteroatoms. The lowest BCUT2D eigenvalue weighted by molar-refractivity contribution is -0.122. The second-order valence-corrected chi connectivity index (χ2v) is 12.7. The Morgan fingerprint density at radius 2 is 1.56 bits per heavy atom. The van der Waals surface area contributed by atoms with Crippen LogP contribution in [0.3, 0.4) is 0 Å². The van der Waals surface area contributed by atoms with Gasteiger partial charge in [0.2, 0.25) is 0 Å². The summed E-state index contributed by atoms with van der Waals surface area (Å²) in [6, 6.07) is 24.0. The van der Waals surface area contributed by atoms with Crippen molar-refractivity contribution in [2.45, 2.75) is 18.4 Å². The topological polar surface area (TPSA) is 119 Å². The minimum absolute atomic E-state index is 0.0778. The maximum atomic E-state index is 13.5. The quantitative estimate of drug-likeness (QED) is 0.125. The standard InChI is InChI=1S/C31H22Br2N2O7S/c1-19-7-13-25(14-8-19)43(39,40)42-28-21(15-22(32)17-27(28)33)16-26-29(36)34-31(38)35(30(26)37)23-9-11-24(12-10-23)41-18-20-5-3-2-4-6-20/h2-17H,18H2,1H3,(H,34,36,38)/b26-16+. The van der Waals surface area contributed by atoms with Crippen molar-refractivity contribution >= 4 is 71.6 Å². The van der Waals surface area contributed by atoms with Crippen LogP contribution in [-0.4, -0.2) is 26.3 Å². The van der Waals surface area contributed by atoms with Gasteiger partial charge in [-0.25, -0.2) is 9.69 Å². The zero-order chi connectivity index (χ0) is 30.7. The van der Waals surface area contributed by atoms with Crippen LogP contribution >= 0.6 is 31.9 Å². The first-order chi connectivity index (χ1) is 20.5. The number of anilines is 1. The largest absolute Gasteiger partial charge is 0.489 e. The van der Waals surface area contributed by atoms with E-state index in [4.69, 9.17) is 8.92 Å².